The second-order valence-electron chi connectivity index (χ2n) is 7.70. The van der Waals surface area contributed by atoms with Crippen molar-refractivity contribution in [2.24, 2.45) is 5.92 Å². The van der Waals surface area contributed by atoms with Crippen LogP contribution >= 0.6 is 27.3 Å². The first-order valence-corrected chi connectivity index (χ1v) is 12.1. The second-order valence-corrected chi connectivity index (χ2v) is 9.59. The number of anilines is 1. The number of ether oxygens (including phenoxy) is 1. The molecule has 1 amide bonds. The Kier molecular flexibility index (Phi) is 6.40. The Morgan fingerprint density at radius 2 is 2.03 bits per heavy atom. The third-order valence-corrected chi connectivity index (χ3v) is 6.52. The highest BCUT2D eigenvalue weighted by Crippen LogP contribution is 2.36. The smallest absolute Gasteiger partial charge is 0.280 e. The molecule has 1 aliphatic rings. The lowest BCUT2D eigenvalue weighted by Crippen LogP contribution is -2.13. The quantitative estimate of drug-likeness (QED) is 0.310. The fourth-order valence-corrected chi connectivity index (χ4v) is 4.45. The molecule has 0 spiro atoms. The number of fused-ring (bicyclic) bond motifs is 1. The molecule has 1 aliphatic carbocycles. The van der Waals surface area contributed by atoms with Crippen molar-refractivity contribution in [3.8, 4) is 28.7 Å². The van der Waals surface area contributed by atoms with E-state index in [9.17, 15) is 13.6 Å². The van der Waals surface area contributed by atoms with Crippen molar-refractivity contribution in [2.45, 2.75) is 19.3 Å². The summed E-state index contributed by atoms with van der Waals surface area (Å²) in [6.07, 6.45) is 2.24. The van der Waals surface area contributed by atoms with E-state index in [1.165, 1.54) is 30.7 Å². The number of alkyl halides is 2. The Bertz CT molecular complexity index is 1510. The number of carbonyl (C=O) groups excluding carboxylic acids is 1. The number of amides is 1. The minimum Gasteiger partial charge on any atom is -0.494 e. The molecule has 4 aromatic rings. The van der Waals surface area contributed by atoms with E-state index in [2.05, 4.69) is 53.0 Å². The molecule has 3 aromatic heterocycles. The lowest BCUT2D eigenvalue weighted by Gasteiger charge is -2.14. The number of methoxy groups -OCH3 is 1. The first kappa shape index (κ1) is 23.3. The van der Waals surface area contributed by atoms with Crippen LogP contribution in [0, 0.1) is 17.8 Å². The highest BCUT2D eigenvalue weighted by Gasteiger charge is 2.21. The summed E-state index contributed by atoms with van der Waals surface area (Å²) in [4.78, 5) is 30.6. The zero-order valence-electron chi connectivity index (χ0n) is 18.2. The highest BCUT2D eigenvalue weighted by molar-refractivity contribution is 9.10. The molecule has 5 rings (SSSR count). The molecule has 7 nitrogen and oxygen atoms in total. The van der Waals surface area contributed by atoms with Gasteiger partial charge in [-0.05, 0) is 48.6 Å². The molecule has 3 heterocycles. The number of hydrogen-bond acceptors (Lipinski definition) is 7. The molecule has 35 heavy (non-hydrogen) atoms. The summed E-state index contributed by atoms with van der Waals surface area (Å²) in [6.45, 7) is 0. The predicted octanol–water partition coefficient (Wildman–Crippen LogP) is 5.87. The van der Waals surface area contributed by atoms with E-state index in [1.807, 2.05) is 0 Å². The highest BCUT2D eigenvalue weighted by atomic mass is 79.9. The van der Waals surface area contributed by atoms with Gasteiger partial charge < -0.3 is 4.74 Å². The molecular formula is C24H16BrF2N5O2S. The van der Waals surface area contributed by atoms with Crippen LogP contribution in [-0.4, -0.2) is 33.0 Å². The van der Waals surface area contributed by atoms with Crippen LogP contribution < -0.4 is 10.1 Å². The van der Waals surface area contributed by atoms with Crippen LogP contribution in [-0.2, 0) is 0 Å². The number of hydrogen-bond donors (Lipinski definition) is 1. The molecule has 0 atom stereocenters. The first-order valence-electron chi connectivity index (χ1n) is 10.5. The number of benzene rings is 1. The van der Waals surface area contributed by atoms with E-state index in [1.54, 1.807) is 24.4 Å². The molecule has 0 saturated heterocycles. The van der Waals surface area contributed by atoms with Gasteiger partial charge >= 0.3 is 0 Å². The molecule has 1 N–H and O–H groups in total. The maximum absolute atomic E-state index is 13.3. The van der Waals surface area contributed by atoms with E-state index in [-0.39, 0.29) is 11.3 Å². The number of aromatic nitrogens is 4. The maximum atomic E-state index is 13.3. The molecule has 0 unspecified atom stereocenters. The summed E-state index contributed by atoms with van der Waals surface area (Å²) >= 11 is 4.56. The first-order chi connectivity index (χ1) is 16.9. The van der Waals surface area contributed by atoms with Crippen LogP contribution in [0.4, 0.5) is 13.9 Å². The Balaban J connectivity index is 1.47. The average Bonchev–Trinajstić information content (AvgIpc) is 3.60. The SMILES string of the molecule is COc1cnc(C(F)F)cc1-c1cc(Br)ccc1C(=O)Nc1nc2ncc(C#CC3CC3)nc2s1. The largest absolute Gasteiger partial charge is 0.494 e. The molecule has 1 saturated carbocycles. The standard InChI is InChI=1S/C24H16BrF2N5O2S/c1-34-19-11-28-18(20(26)27)9-17(19)16-8-13(25)5-7-15(16)22(33)32-24-31-21-23(35-24)30-14(10-29-21)6-4-12-2-3-12/h5,7-12,20H,2-3H2,1H3,(H,29,31,32,33). The van der Waals surface area contributed by atoms with Crippen molar-refractivity contribution >= 4 is 48.8 Å². The summed E-state index contributed by atoms with van der Waals surface area (Å²) in [7, 11) is 1.41. The Morgan fingerprint density at radius 3 is 2.77 bits per heavy atom. The molecule has 0 aliphatic heterocycles. The summed E-state index contributed by atoms with van der Waals surface area (Å²) < 4.78 is 32.6. The fourth-order valence-electron chi connectivity index (χ4n) is 3.29. The van der Waals surface area contributed by atoms with Crippen molar-refractivity contribution in [1.29, 1.82) is 0 Å². The van der Waals surface area contributed by atoms with Crippen LogP contribution in [0.25, 0.3) is 21.6 Å². The molecule has 1 aromatic carbocycles. The van der Waals surface area contributed by atoms with Gasteiger partial charge in [0.1, 0.15) is 17.1 Å². The molecule has 0 radical (unpaired) electrons. The summed E-state index contributed by atoms with van der Waals surface area (Å²) in [6, 6.07) is 6.16. The second kappa shape index (κ2) is 9.64. The third-order valence-electron chi connectivity index (χ3n) is 5.17. The van der Waals surface area contributed by atoms with Crippen LogP contribution in [0.15, 0.2) is 41.1 Å². The number of pyridine rings is 1. The van der Waals surface area contributed by atoms with Gasteiger partial charge in [0.2, 0.25) is 0 Å². The summed E-state index contributed by atoms with van der Waals surface area (Å²) in [5.74, 6) is 6.39. The maximum Gasteiger partial charge on any atom is 0.280 e. The van der Waals surface area contributed by atoms with Crippen LogP contribution in [0.5, 0.6) is 5.75 Å². The van der Waals surface area contributed by atoms with Crippen molar-refractivity contribution in [3.05, 3.63) is 58.1 Å². The number of carbonyl (C=O) groups is 1. The summed E-state index contributed by atoms with van der Waals surface area (Å²) in [5.41, 5.74) is 1.49. The topological polar surface area (TPSA) is 89.9 Å². The zero-order chi connectivity index (χ0) is 24.5. The van der Waals surface area contributed by atoms with Gasteiger partial charge in [0.15, 0.2) is 15.6 Å². The minimum absolute atomic E-state index is 0.245. The number of thiazole rings is 1. The Labute approximate surface area is 211 Å². The van der Waals surface area contributed by atoms with Crippen molar-refractivity contribution in [3.63, 3.8) is 0 Å². The molecule has 1 fully saturated rings. The molecule has 0 bridgehead atoms. The zero-order valence-corrected chi connectivity index (χ0v) is 20.6. The van der Waals surface area contributed by atoms with Crippen molar-refractivity contribution in [1.82, 2.24) is 19.9 Å². The minimum atomic E-state index is -2.77. The predicted molar refractivity (Wildman–Crippen MR) is 132 cm³/mol. The van der Waals surface area contributed by atoms with Gasteiger partial charge in [0, 0.05) is 21.5 Å². The fraction of sp³-hybridized carbons (Fsp3) is 0.208. The molecule has 176 valence electrons. The normalized spacial score (nSPS) is 12.9. The van der Waals surface area contributed by atoms with Gasteiger partial charge in [-0.15, -0.1) is 0 Å². The number of halogens is 3. The Hall–Kier alpha value is -3.49. The monoisotopic (exact) mass is 555 g/mol. The van der Waals surface area contributed by atoms with Crippen LogP contribution in [0.3, 0.4) is 0 Å². The molecular weight excluding hydrogens is 540 g/mol. The van der Waals surface area contributed by atoms with Crippen molar-refractivity contribution in [2.75, 3.05) is 12.4 Å². The molecule has 11 heteroatoms. The van der Waals surface area contributed by atoms with Gasteiger partial charge in [-0.2, -0.15) is 4.98 Å². The van der Waals surface area contributed by atoms with Crippen LogP contribution in [0.1, 0.15) is 41.0 Å². The third kappa shape index (κ3) is 5.13. The Morgan fingerprint density at radius 1 is 1.20 bits per heavy atom. The van der Waals surface area contributed by atoms with E-state index in [0.717, 1.165) is 12.8 Å². The lowest BCUT2D eigenvalue weighted by molar-refractivity contribution is 0.102. The number of nitrogens with one attached hydrogen (secondary N) is 1. The summed E-state index contributed by atoms with van der Waals surface area (Å²) in [5, 5.41) is 3.07. The van der Waals surface area contributed by atoms with E-state index in [4.69, 9.17) is 4.74 Å². The van der Waals surface area contributed by atoms with Crippen molar-refractivity contribution < 1.29 is 18.3 Å². The van der Waals surface area contributed by atoms with Gasteiger partial charge in [-0.3, -0.25) is 15.1 Å². The number of rotatable bonds is 5. The average molecular weight is 556 g/mol. The number of nitrogens with zero attached hydrogens (tertiary/aromatic N) is 4. The van der Waals surface area contributed by atoms with Gasteiger partial charge in [0.25, 0.3) is 12.3 Å². The van der Waals surface area contributed by atoms with Gasteiger partial charge in [-0.1, -0.05) is 33.2 Å². The van der Waals surface area contributed by atoms with E-state index >= 15 is 0 Å². The van der Waals surface area contributed by atoms with Crippen LogP contribution in [0.2, 0.25) is 0 Å². The van der Waals surface area contributed by atoms with Gasteiger partial charge in [0.05, 0.1) is 19.5 Å². The van der Waals surface area contributed by atoms with Gasteiger partial charge in [-0.25, -0.2) is 18.7 Å². The lowest BCUT2D eigenvalue weighted by atomic mass is 9.98. The van der Waals surface area contributed by atoms with E-state index in [0.29, 0.717) is 42.8 Å². The van der Waals surface area contributed by atoms with E-state index < -0.39 is 18.0 Å².